The first kappa shape index (κ1) is 76.2. The average Bonchev–Trinajstić information content (AvgIpc) is 0.784. The molecule has 0 unspecified atom stereocenters. The number of carbonyl (C=O) groups is 4. The second kappa shape index (κ2) is 31.6. The van der Waals surface area contributed by atoms with Gasteiger partial charge in [0.1, 0.15) is 32.7 Å². The molecule has 0 amide bonds. The summed E-state index contributed by atoms with van der Waals surface area (Å²) in [5.74, 6) is 3.22. The zero-order valence-corrected chi connectivity index (χ0v) is 59.8. The van der Waals surface area contributed by atoms with Crippen molar-refractivity contribution in [3.8, 4) is 12.3 Å². The van der Waals surface area contributed by atoms with Gasteiger partial charge in [0.05, 0.1) is 76.7 Å². The molecule has 500 valence electrons. The van der Waals surface area contributed by atoms with E-state index in [2.05, 4.69) is 158 Å². The normalized spacial score (nSPS) is 13.3. The first-order valence-electron chi connectivity index (χ1n) is 32.0. The fraction of sp³-hybridized carbons (Fsp3) is 0.188. The van der Waals surface area contributed by atoms with Gasteiger partial charge in [0.25, 0.3) is 0 Å². The maximum Gasteiger partial charge on any atom is 0.196 e. The third-order valence-electron chi connectivity index (χ3n) is 17.9. The number of hydrogen-bond donors (Lipinski definition) is 1. The van der Waals surface area contributed by atoms with Gasteiger partial charge in [0.2, 0.25) is 0 Å². The van der Waals surface area contributed by atoms with Crippen LogP contribution >= 0.6 is 0 Å². The molecule has 4 aliphatic carbocycles. The minimum atomic E-state index is -0.867. The summed E-state index contributed by atoms with van der Waals surface area (Å²) in [5, 5.41) is 18.8. The van der Waals surface area contributed by atoms with Crippen LogP contribution in [0.25, 0.3) is 73.5 Å². The largest absolute Gasteiger partial charge is 1.00 e. The average molecular weight is 1380 g/mol. The van der Waals surface area contributed by atoms with Crippen LogP contribution in [0.4, 0.5) is 0 Å². The van der Waals surface area contributed by atoms with E-state index in [0.717, 1.165) is 150 Å². The molecule has 0 aliphatic heterocycles. The molecule has 10 aromatic rings. The quantitative estimate of drug-likeness (QED) is 0.0731. The van der Waals surface area contributed by atoms with Crippen molar-refractivity contribution < 1.29 is 91.9 Å². The van der Waals surface area contributed by atoms with Crippen molar-refractivity contribution in [3.05, 3.63) is 297 Å². The SMILES string of the molecule is C#CC[N+](C)(C)CC1=Cc2cccc3cccc(c23)C1=O.C=CC[N+](C)(C)CC1=Cc2cccc3cccc(c23)C1=O.C=Cc1ccc(C[N+](C)(C)CC2=Cc3cccc4cccc(c34)C2=O)cc1.CC(C)(O)c1cc[n+](CC2=Cc3cccc4cccc(c34)C2=O)cc1.[Cl-].[Cl-].[Cl-].[Cl-]. The number of likely N-dealkylation sites (N-methyl/N-ethyl adjacent to an activating group) is 3. The summed E-state index contributed by atoms with van der Waals surface area (Å²) >= 11 is 0. The molecule has 0 atom stereocenters. The van der Waals surface area contributed by atoms with Crippen molar-refractivity contribution >= 4 is 96.6 Å². The van der Waals surface area contributed by atoms with Crippen LogP contribution in [-0.4, -0.2) is 117 Å². The monoisotopic (exact) mass is 1380 g/mol. The van der Waals surface area contributed by atoms with E-state index in [1.165, 1.54) is 5.56 Å². The Morgan fingerprint density at radius 1 is 0.439 bits per heavy atom. The van der Waals surface area contributed by atoms with Gasteiger partial charge in [0, 0.05) is 61.5 Å². The summed E-state index contributed by atoms with van der Waals surface area (Å²) in [4.78, 5) is 51.6. The molecule has 0 saturated carbocycles. The molecular weight excluding hydrogens is 1300 g/mol. The zero-order valence-electron chi connectivity index (χ0n) is 56.8. The van der Waals surface area contributed by atoms with Gasteiger partial charge >= 0.3 is 0 Å². The Bertz CT molecular complexity index is 4890. The number of aliphatic hydroxyl groups is 1. The van der Waals surface area contributed by atoms with E-state index in [0.29, 0.717) is 30.7 Å². The number of hydrogen-bond acceptors (Lipinski definition) is 5. The highest BCUT2D eigenvalue weighted by atomic mass is 35.5. The van der Waals surface area contributed by atoms with E-state index < -0.39 is 5.60 Å². The molecule has 0 bridgehead atoms. The molecule has 9 nitrogen and oxygen atoms in total. The summed E-state index contributed by atoms with van der Waals surface area (Å²) in [6, 6.07) is 60.7. The van der Waals surface area contributed by atoms with Gasteiger partial charge < -0.3 is 68.2 Å². The lowest BCUT2D eigenvalue weighted by Crippen LogP contribution is -3.00. The highest BCUT2D eigenvalue weighted by Gasteiger charge is 2.31. The van der Waals surface area contributed by atoms with Gasteiger partial charge in [-0.15, -0.1) is 6.42 Å². The van der Waals surface area contributed by atoms with Crippen LogP contribution in [0.15, 0.2) is 236 Å². The minimum Gasteiger partial charge on any atom is -1.00 e. The second-order valence-corrected chi connectivity index (χ2v) is 27.5. The fourth-order valence-corrected chi connectivity index (χ4v) is 13.5. The van der Waals surface area contributed by atoms with Gasteiger partial charge in [-0.1, -0.05) is 189 Å². The van der Waals surface area contributed by atoms with Crippen LogP contribution in [0.1, 0.15) is 94.2 Å². The van der Waals surface area contributed by atoms with Crippen molar-refractivity contribution in [1.82, 2.24) is 0 Å². The number of allylic oxidation sites excluding steroid dienone is 1. The van der Waals surface area contributed by atoms with Crippen molar-refractivity contribution in [3.63, 3.8) is 0 Å². The molecular formula is C85H82Cl4N4O5. The summed E-state index contributed by atoms with van der Waals surface area (Å²) < 4.78 is 4.04. The Hall–Kier alpha value is -9.15. The molecule has 9 aromatic carbocycles. The van der Waals surface area contributed by atoms with Crippen molar-refractivity contribution in [2.75, 3.05) is 75.0 Å². The molecule has 4 aliphatic rings. The van der Waals surface area contributed by atoms with Crippen molar-refractivity contribution in [2.24, 2.45) is 0 Å². The highest BCUT2D eigenvalue weighted by Crippen LogP contribution is 2.36. The van der Waals surface area contributed by atoms with Crippen LogP contribution in [0.5, 0.6) is 0 Å². The fourth-order valence-electron chi connectivity index (χ4n) is 13.5. The first-order chi connectivity index (χ1) is 44.9. The molecule has 1 heterocycles. The lowest BCUT2D eigenvalue weighted by Gasteiger charge is -2.31. The van der Waals surface area contributed by atoms with E-state index in [9.17, 15) is 24.3 Å². The maximum absolute atomic E-state index is 13.1. The lowest BCUT2D eigenvalue weighted by molar-refractivity contribution is -0.898. The van der Waals surface area contributed by atoms with Crippen LogP contribution in [0.2, 0.25) is 0 Å². The van der Waals surface area contributed by atoms with Crippen LogP contribution in [0, 0.1) is 12.3 Å². The number of benzene rings is 9. The number of Topliss-reactive ketones (excluding diaryl/α,β-unsaturated/α-hetero) is 4. The van der Waals surface area contributed by atoms with Crippen molar-refractivity contribution in [2.45, 2.75) is 32.5 Å². The Kier molecular flexibility index (Phi) is 24.6. The standard InChI is InChI=1S/C25H24NO.C22H20NO2.C19H20NO.C19H18NO.4ClH/c1-4-18-11-13-19(14-12-18)16-26(2,3)17-22-15-21-9-5-7-20-8-6-10-23(24(20)21)25(22)27;1-22(2,25)18-9-11-23(12-10-18)14-17-13-16-7-3-5-15-6-4-8-19(20(15)16)21(17)24;2*1-4-11-20(2,3)13-16-12-15-9-5-7-14-8-6-10-17(18(14)15)19(16)21;;;;/h4-15H,1,16-17H2,2-3H3;3-13,25H,14H2,1-2H3;4-10,12H,1,11,13H2,2-3H3;1,5-10,12H,11,13H2,2-3H3;4*1H/q4*+1;;;;/p-4. The van der Waals surface area contributed by atoms with Gasteiger partial charge in [-0.3, -0.25) is 19.2 Å². The second-order valence-electron chi connectivity index (χ2n) is 27.5. The molecule has 0 spiro atoms. The smallest absolute Gasteiger partial charge is 0.196 e. The maximum atomic E-state index is 13.1. The number of nitrogens with zero attached hydrogens (tertiary/aromatic N) is 4. The molecule has 98 heavy (non-hydrogen) atoms. The predicted molar refractivity (Wildman–Crippen MR) is 387 cm³/mol. The Balaban J connectivity index is 0.000000182. The number of ketones is 4. The molecule has 13 heteroatoms. The van der Waals surface area contributed by atoms with Crippen LogP contribution in [0.3, 0.4) is 0 Å². The van der Waals surface area contributed by atoms with E-state index >= 15 is 0 Å². The number of terminal acetylenes is 1. The molecule has 0 fully saturated rings. The predicted octanol–water partition coefficient (Wildman–Crippen LogP) is 3.80. The third kappa shape index (κ3) is 16.9. The van der Waals surface area contributed by atoms with Crippen molar-refractivity contribution in [1.29, 1.82) is 0 Å². The number of halogens is 4. The van der Waals surface area contributed by atoms with E-state index in [1.807, 2.05) is 138 Å². The Labute approximate surface area is 601 Å². The lowest BCUT2D eigenvalue weighted by atomic mass is 9.87. The number of quaternary nitrogens is 3. The van der Waals surface area contributed by atoms with Crippen LogP contribution < -0.4 is 54.2 Å². The topological polar surface area (TPSA) is 92.4 Å². The van der Waals surface area contributed by atoms with Gasteiger partial charge in [-0.25, -0.2) is 4.57 Å². The van der Waals surface area contributed by atoms with Gasteiger partial charge in [0.15, 0.2) is 42.1 Å². The molecule has 1 aromatic heterocycles. The van der Waals surface area contributed by atoms with Crippen LogP contribution in [-0.2, 0) is 18.7 Å². The Morgan fingerprint density at radius 2 is 0.765 bits per heavy atom. The minimum absolute atomic E-state index is 0. The van der Waals surface area contributed by atoms with Gasteiger partial charge in [-0.2, -0.15) is 0 Å². The molecule has 0 saturated heterocycles. The summed E-state index contributed by atoms with van der Waals surface area (Å²) in [5.41, 5.74) is 13.5. The molecule has 0 radical (unpaired) electrons. The van der Waals surface area contributed by atoms with E-state index in [4.69, 9.17) is 6.42 Å². The summed E-state index contributed by atoms with van der Waals surface area (Å²) in [6.45, 7) is 16.0. The third-order valence-corrected chi connectivity index (χ3v) is 17.9. The number of pyridine rings is 1. The molecule has 14 rings (SSSR count). The number of carbonyl (C=O) groups excluding carboxylic acids is 4. The Morgan fingerprint density at radius 3 is 1.10 bits per heavy atom. The first-order valence-corrected chi connectivity index (χ1v) is 32.0. The van der Waals surface area contributed by atoms with E-state index in [1.54, 1.807) is 13.8 Å². The zero-order chi connectivity index (χ0) is 66.7. The number of aromatic nitrogens is 1. The van der Waals surface area contributed by atoms with E-state index in [-0.39, 0.29) is 72.8 Å². The summed E-state index contributed by atoms with van der Waals surface area (Å²) in [7, 11) is 12.7. The highest BCUT2D eigenvalue weighted by molar-refractivity contribution is 6.25. The summed E-state index contributed by atoms with van der Waals surface area (Å²) in [6.07, 6.45) is 21.1. The molecule has 1 N–H and O–H groups in total. The number of rotatable bonds is 15. The van der Waals surface area contributed by atoms with Gasteiger partial charge in [-0.05, 0) is 105 Å².